The Morgan fingerprint density at radius 2 is 1.90 bits per heavy atom. The smallest absolute Gasteiger partial charge is 0.329 e. The van der Waals surface area contributed by atoms with Crippen molar-refractivity contribution in [3.8, 4) is 0 Å². The predicted molar refractivity (Wildman–Crippen MR) is 78.9 cm³/mol. The van der Waals surface area contributed by atoms with Crippen LogP contribution in [-0.4, -0.2) is 29.2 Å². The third kappa shape index (κ3) is 3.01. The molecule has 0 radical (unpaired) electrons. The van der Waals surface area contributed by atoms with Gasteiger partial charge in [-0.1, -0.05) is 19.8 Å². The molecule has 0 heterocycles. The minimum Gasteiger partial charge on any atom is -0.480 e. The van der Waals surface area contributed by atoms with Crippen LogP contribution in [0.4, 0.5) is 4.79 Å². The SMILES string of the molecule is CC1CCCC(NC(=O)NCC2(C3CC3)CC2)(C(=O)O)C1. The molecular weight excluding hydrogens is 268 g/mol. The van der Waals surface area contributed by atoms with Gasteiger partial charge in [-0.2, -0.15) is 0 Å². The molecule has 118 valence electrons. The van der Waals surface area contributed by atoms with Crippen LogP contribution in [-0.2, 0) is 4.79 Å². The first-order valence-electron chi connectivity index (χ1n) is 8.25. The minimum absolute atomic E-state index is 0.307. The van der Waals surface area contributed by atoms with Gasteiger partial charge in [0.1, 0.15) is 5.54 Å². The molecule has 0 aliphatic heterocycles. The van der Waals surface area contributed by atoms with Gasteiger partial charge in [0, 0.05) is 6.54 Å². The van der Waals surface area contributed by atoms with Crippen molar-refractivity contribution >= 4 is 12.0 Å². The lowest BCUT2D eigenvalue weighted by Crippen LogP contribution is -2.59. The molecule has 0 aromatic carbocycles. The molecular formula is C16H26N2O3. The van der Waals surface area contributed by atoms with Crippen LogP contribution in [0, 0.1) is 17.3 Å². The maximum absolute atomic E-state index is 12.2. The molecule has 2 amide bonds. The standard InChI is InChI=1S/C16H26N2O3/c1-11-3-2-6-16(9-11,13(19)20)18-14(21)17-10-15(7-8-15)12-4-5-12/h11-12H,2-10H2,1H3,(H,19,20)(H2,17,18,21). The van der Waals surface area contributed by atoms with Gasteiger partial charge in [-0.15, -0.1) is 0 Å². The molecule has 3 N–H and O–H groups in total. The molecule has 21 heavy (non-hydrogen) atoms. The van der Waals surface area contributed by atoms with E-state index in [9.17, 15) is 14.7 Å². The molecule has 3 saturated carbocycles. The highest BCUT2D eigenvalue weighted by Crippen LogP contribution is 2.60. The molecule has 0 aromatic rings. The van der Waals surface area contributed by atoms with Crippen LogP contribution in [0.1, 0.15) is 58.3 Å². The monoisotopic (exact) mass is 294 g/mol. The van der Waals surface area contributed by atoms with Gasteiger partial charge in [0.25, 0.3) is 0 Å². The van der Waals surface area contributed by atoms with Crippen LogP contribution in [0.2, 0.25) is 0 Å². The number of carbonyl (C=O) groups is 2. The van der Waals surface area contributed by atoms with Gasteiger partial charge in [-0.05, 0) is 55.8 Å². The fraction of sp³-hybridized carbons (Fsp3) is 0.875. The highest BCUT2D eigenvalue weighted by atomic mass is 16.4. The number of aliphatic carboxylic acids is 1. The van der Waals surface area contributed by atoms with Crippen molar-refractivity contribution in [1.29, 1.82) is 0 Å². The zero-order chi connectivity index (χ0) is 15.1. The van der Waals surface area contributed by atoms with Crippen molar-refractivity contribution in [2.75, 3.05) is 6.54 Å². The second-order valence-corrected chi connectivity index (χ2v) is 7.53. The quantitative estimate of drug-likeness (QED) is 0.729. The van der Waals surface area contributed by atoms with Gasteiger partial charge >= 0.3 is 12.0 Å². The van der Waals surface area contributed by atoms with Crippen molar-refractivity contribution in [3.63, 3.8) is 0 Å². The topological polar surface area (TPSA) is 78.4 Å². The predicted octanol–water partition coefficient (Wildman–Crippen LogP) is 2.51. The summed E-state index contributed by atoms with van der Waals surface area (Å²) in [6, 6.07) is -0.307. The summed E-state index contributed by atoms with van der Waals surface area (Å²) >= 11 is 0. The van der Waals surface area contributed by atoms with Crippen LogP contribution >= 0.6 is 0 Å². The number of carboxylic acid groups (broad SMARTS) is 1. The molecule has 0 spiro atoms. The van der Waals surface area contributed by atoms with E-state index in [1.54, 1.807) is 0 Å². The molecule has 3 fully saturated rings. The second-order valence-electron chi connectivity index (χ2n) is 7.53. The molecule has 0 bridgehead atoms. The number of carbonyl (C=O) groups excluding carboxylic acids is 1. The summed E-state index contributed by atoms with van der Waals surface area (Å²) < 4.78 is 0. The number of rotatable bonds is 5. The Morgan fingerprint density at radius 1 is 1.19 bits per heavy atom. The Kier molecular flexibility index (Phi) is 3.62. The van der Waals surface area contributed by atoms with Gasteiger partial charge in [0.2, 0.25) is 0 Å². The van der Waals surface area contributed by atoms with E-state index in [2.05, 4.69) is 17.6 Å². The lowest BCUT2D eigenvalue weighted by atomic mass is 9.76. The average Bonchev–Trinajstić information content (AvgIpc) is 3.28. The summed E-state index contributed by atoms with van der Waals surface area (Å²) in [7, 11) is 0. The first kappa shape index (κ1) is 14.7. The maximum atomic E-state index is 12.2. The van der Waals surface area contributed by atoms with E-state index in [4.69, 9.17) is 0 Å². The van der Waals surface area contributed by atoms with Gasteiger partial charge in [-0.25, -0.2) is 9.59 Å². The van der Waals surface area contributed by atoms with Crippen molar-refractivity contribution in [3.05, 3.63) is 0 Å². The van der Waals surface area contributed by atoms with Gasteiger partial charge in [0.15, 0.2) is 0 Å². The van der Waals surface area contributed by atoms with Crippen LogP contribution in [0.25, 0.3) is 0 Å². The van der Waals surface area contributed by atoms with Crippen molar-refractivity contribution in [1.82, 2.24) is 10.6 Å². The van der Waals surface area contributed by atoms with E-state index in [0.717, 1.165) is 18.8 Å². The van der Waals surface area contributed by atoms with E-state index >= 15 is 0 Å². The molecule has 3 aliphatic carbocycles. The lowest BCUT2D eigenvalue weighted by Gasteiger charge is -2.37. The number of carboxylic acids is 1. The van der Waals surface area contributed by atoms with Crippen LogP contribution in [0.5, 0.6) is 0 Å². The summed E-state index contributed by atoms with van der Waals surface area (Å²) in [5, 5.41) is 15.3. The zero-order valence-electron chi connectivity index (χ0n) is 12.8. The number of urea groups is 1. The van der Waals surface area contributed by atoms with Crippen molar-refractivity contribution in [2.24, 2.45) is 17.3 Å². The highest BCUT2D eigenvalue weighted by Gasteiger charge is 2.53. The number of amides is 2. The molecule has 5 heteroatoms. The molecule has 3 aliphatic rings. The van der Waals surface area contributed by atoms with Crippen LogP contribution < -0.4 is 10.6 Å². The molecule has 0 aromatic heterocycles. The molecule has 2 atom stereocenters. The molecule has 0 saturated heterocycles. The first-order chi connectivity index (χ1) is 9.96. The van der Waals surface area contributed by atoms with Gasteiger partial charge in [0.05, 0.1) is 0 Å². The van der Waals surface area contributed by atoms with Crippen LogP contribution in [0.3, 0.4) is 0 Å². The average molecular weight is 294 g/mol. The molecule has 2 unspecified atom stereocenters. The Morgan fingerprint density at radius 3 is 2.43 bits per heavy atom. The third-order valence-electron chi connectivity index (χ3n) is 5.70. The maximum Gasteiger partial charge on any atom is 0.329 e. The Balaban J connectivity index is 1.55. The highest BCUT2D eigenvalue weighted by molar-refractivity contribution is 5.86. The largest absolute Gasteiger partial charge is 0.480 e. The van der Waals surface area contributed by atoms with E-state index < -0.39 is 11.5 Å². The van der Waals surface area contributed by atoms with E-state index in [-0.39, 0.29) is 6.03 Å². The zero-order valence-corrected chi connectivity index (χ0v) is 12.8. The van der Waals surface area contributed by atoms with E-state index in [0.29, 0.717) is 30.7 Å². The van der Waals surface area contributed by atoms with Crippen LogP contribution in [0.15, 0.2) is 0 Å². The minimum atomic E-state index is -1.07. The number of hydrogen-bond acceptors (Lipinski definition) is 2. The second kappa shape index (κ2) is 5.18. The Hall–Kier alpha value is -1.26. The molecule has 5 nitrogen and oxygen atoms in total. The third-order valence-corrected chi connectivity index (χ3v) is 5.70. The Bertz CT molecular complexity index is 443. The lowest BCUT2D eigenvalue weighted by molar-refractivity contribution is -0.146. The van der Waals surface area contributed by atoms with E-state index in [1.165, 1.54) is 25.7 Å². The van der Waals surface area contributed by atoms with Gasteiger partial charge < -0.3 is 15.7 Å². The summed E-state index contributed by atoms with van der Waals surface area (Å²) in [5.41, 5.74) is -0.731. The fourth-order valence-electron chi connectivity index (χ4n) is 4.02. The molecule has 3 rings (SSSR count). The summed E-state index contributed by atoms with van der Waals surface area (Å²) in [5.74, 6) is 0.241. The summed E-state index contributed by atoms with van der Waals surface area (Å²) in [6.45, 7) is 2.76. The summed E-state index contributed by atoms with van der Waals surface area (Å²) in [6.07, 6.45) is 7.97. The summed E-state index contributed by atoms with van der Waals surface area (Å²) in [4.78, 5) is 23.8. The number of nitrogens with one attached hydrogen (secondary N) is 2. The number of hydrogen-bond donors (Lipinski definition) is 3. The van der Waals surface area contributed by atoms with Gasteiger partial charge in [-0.3, -0.25) is 0 Å². The Labute approximate surface area is 125 Å². The fourth-order valence-corrected chi connectivity index (χ4v) is 4.02. The van der Waals surface area contributed by atoms with E-state index in [1.807, 2.05) is 0 Å². The first-order valence-corrected chi connectivity index (χ1v) is 8.25. The normalized spacial score (nSPS) is 34.0. The van der Waals surface area contributed by atoms with Crippen molar-refractivity contribution < 1.29 is 14.7 Å². The van der Waals surface area contributed by atoms with Crippen molar-refractivity contribution in [2.45, 2.75) is 63.8 Å².